The maximum absolute atomic E-state index is 3.24. The summed E-state index contributed by atoms with van der Waals surface area (Å²) in [5, 5.41) is 1.25. The minimum absolute atomic E-state index is 1.18. The van der Waals surface area contributed by atoms with Gasteiger partial charge in [-0.3, -0.25) is 0 Å². The molecule has 0 aliphatic heterocycles. The van der Waals surface area contributed by atoms with Gasteiger partial charge in [0, 0.05) is 11.7 Å². The maximum Gasteiger partial charge on any atom is 0.0454 e. The molecule has 4 aromatic rings. The fraction of sp³-hybridized carbons (Fsp3) is 0. The summed E-state index contributed by atoms with van der Waals surface area (Å²) in [5.74, 6) is 0. The molecule has 0 bridgehead atoms. The second kappa shape index (κ2) is 4.95. The summed E-state index contributed by atoms with van der Waals surface area (Å²) in [5.41, 5.74) is 6.22. The third kappa shape index (κ3) is 2.13. The van der Waals surface area contributed by atoms with Crippen LogP contribution in [0.1, 0.15) is 0 Å². The molecular weight excluding hydrogens is 254 g/mol. The topological polar surface area (TPSA) is 15.8 Å². The highest BCUT2D eigenvalue weighted by atomic mass is 14.7. The normalized spacial score (nSPS) is 10.9. The lowest BCUT2D eigenvalue weighted by Crippen LogP contribution is -1.84. The van der Waals surface area contributed by atoms with Crippen LogP contribution in [0, 0.1) is 0 Å². The van der Waals surface area contributed by atoms with Gasteiger partial charge in [0.05, 0.1) is 0 Å². The molecule has 0 saturated heterocycles. The first-order valence-electron chi connectivity index (χ1n) is 7.14. The molecule has 1 heterocycles. The first-order chi connectivity index (χ1) is 10.4. The van der Waals surface area contributed by atoms with E-state index >= 15 is 0 Å². The molecule has 0 aliphatic carbocycles. The smallest absolute Gasteiger partial charge is 0.0454 e. The zero-order valence-corrected chi connectivity index (χ0v) is 11.6. The number of fused-ring (bicyclic) bond motifs is 1. The van der Waals surface area contributed by atoms with Gasteiger partial charge < -0.3 is 4.98 Å². The van der Waals surface area contributed by atoms with E-state index in [4.69, 9.17) is 0 Å². The Labute approximate surface area is 123 Å². The molecule has 0 unspecified atom stereocenters. The van der Waals surface area contributed by atoms with Gasteiger partial charge in [-0.2, -0.15) is 0 Å². The Morgan fingerprint density at radius 1 is 0.571 bits per heavy atom. The summed E-state index contributed by atoms with van der Waals surface area (Å²) < 4.78 is 0. The highest BCUT2D eigenvalue weighted by Crippen LogP contribution is 2.33. The van der Waals surface area contributed by atoms with E-state index in [2.05, 4.69) is 83.8 Å². The molecule has 0 aliphatic rings. The first kappa shape index (κ1) is 12.0. The van der Waals surface area contributed by atoms with Crippen molar-refractivity contribution in [3.8, 4) is 22.3 Å². The molecule has 0 saturated carbocycles. The van der Waals surface area contributed by atoms with Gasteiger partial charge >= 0.3 is 0 Å². The average Bonchev–Trinajstić information content (AvgIpc) is 3.03. The number of H-pyrrole nitrogens is 1. The van der Waals surface area contributed by atoms with Crippen molar-refractivity contribution in [3.63, 3.8) is 0 Å². The van der Waals surface area contributed by atoms with Crippen LogP contribution in [0.25, 0.3) is 33.2 Å². The molecule has 0 atom stereocenters. The van der Waals surface area contributed by atoms with Crippen molar-refractivity contribution in [1.29, 1.82) is 0 Å². The van der Waals surface area contributed by atoms with Gasteiger partial charge in [-0.15, -0.1) is 0 Å². The number of hydrogen-bond acceptors (Lipinski definition) is 0. The lowest BCUT2D eigenvalue weighted by Gasteiger charge is -2.10. The quantitative estimate of drug-likeness (QED) is 0.494. The molecule has 4 rings (SSSR count). The van der Waals surface area contributed by atoms with Crippen molar-refractivity contribution in [2.24, 2.45) is 0 Å². The van der Waals surface area contributed by atoms with Crippen molar-refractivity contribution in [2.45, 2.75) is 0 Å². The molecule has 0 amide bonds. The molecule has 0 spiro atoms. The summed E-state index contributed by atoms with van der Waals surface area (Å²) in [7, 11) is 0. The van der Waals surface area contributed by atoms with Gasteiger partial charge in [-0.25, -0.2) is 0 Å². The predicted octanol–water partition coefficient (Wildman–Crippen LogP) is 5.50. The Kier molecular flexibility index (Phi) is 2.82. The highest BCUT2D eigenvalue weighted by molar-refractivity contribution is 5.89. The standard InChI is InChI=1S/C20H15N/c1-2-6-15(7-3-1)18-8-4-5-9-19(18)16-10-11-20-17(14-16)12-13-21-20/h1-14,21H. The third-order valence-corrected chi connectivity index (χ3v) is 3.88. The molecule has 21 heavy (non-hydrogen) atoms. The second-order valence-corrected chi connectivity index (χ2v) is 5.19. The Balaban J connectivity index is 1.92. The number of hydrogen-bond donors (Lipinski definition) is 1. The number of nitrogens with one attached hydrogen (secondary N) is 1. The van der Waals surface area contributed by atoms with Crippen LogP contribution in [0.15, 0.2) is 85.1 Å². The molecule has 1 aromatic heterocycles. The van der Waals surface area contributed by atoms with Crippen LogP contribution in [-0.2, 0) is 0 Å². The van der Waals surface area contributed by atoms with Gasteiger partial charge in [-0.1, -0.05) is 60.7 Å². The van der Waals surface area contributed by atoms with Gasteiger partial charge in [0.2, 0.25) is 0 Å². The van der Waals surface area contributed by atoms with E-state index in [1.807, 2.05) is 6.20 Å². The lowest BCUT2D eigenvalue weighted by molar-refractivity contribution is 1.48. The lowest BCUT2D eigenvalue weighted by atomic mass is 9.94. The van der Waals surface area contributed by atoms with E-state index in [9.17, 15) is 0 Å². The molecule has 3 aromatic carbocycles. The molecule has 0 fully saturated rings. The van der Waals surface area contributed by atoms with E-state index in [0.29, 0.717) is 0 Å². The van der Waals surface area contributed by atoms with Crippen LogP contribution >= 0.6 is 0 Å². The molecule has 1 heteroatoms. The van der Waals surface area contributed by atoms with Crippen LogP contribution in [-0.4, -0.2) is 4.98 Å². The number of aromatic nitrogens is 1. The summed E-state index contributed by atoms with van der Waals surface area (Å²) >= 11 is 0. The van der Waals surface area contributed by atoms with E-state index in [1.54, 1.807) is 0 Å². The zero-order chi connectivity index (χ0) is 14.1. The van der Waals surface area contributed by atoms with Crippen molar-refractivity contribution in [1.82, 2.24) is 4.98 Å². The Morgan fingerprint density at radius 2 is 1.29 bits per heavy atom. The molecule has 0 radical (unpaired) electrons. The third-order valence-electron chi connectivity index (χ3n) is 3.88. The monoisotopic (exact) mass is 269 g/mol. The van der Waals surface area contributed by atoms with E-state index < -0.39 is 0 Å². The highest BCUT2D eigenvalue weighted by Gasteiger charge is 2.07. The fourth-order valence-corrected chi connectivity index (χ4v) is 2.83. The van der Waals surface area contributed by atoms with Crippen molar-refractivity contribution in [2.75, 3.05) is 0 Å². The van der Waals surface area contributed by atoms with Crippen molar-refractivity contribution < 1.29 is 0 Å². The summed E-state index contributed by atoms with van der Waals surface area (Å²) in [6.07, 6.45) is 1.98. The van der Waals surface area contributed by atoms with E-state index in [1.165, 1.54) is 33.2 Å². The van der Waals surface area contributed by atoms with Crippen LogP contribution in [0.5, 0.6) is 0 Å². The molecular formula is C20H15N. The van der Waals surface area contributed by atoms with Crippen LogP contribution in [0.3, 0.4) is 0 Å². The number of benzene rings is 3. The van der Waals surface area contributed by atoms with Gasteiger partial charge in [0.15, 0.2) is 0 Å². The molecule has 1 nitrogen and oxygen atoms in total. The predicted molar refractivity (Wildman–Crippen MR) is 89.2 cm³/mol. The van der Waals surface area contributed by atoms with E-state index in [0.717, 1.165) is 0 Å². The first-order valence-corrected chi connectivity index (χ1v) is 7.14. The maximum atomic E-state index is 3.24. The molecule has 100 valence electrons. The van der Waals surface area contributed by atoms with Crippen LogP contribution in [0.4, 0.5) is 0 Å². The minimum Gasteiger partial charge on any atom is -0.361 e. The number of aromatic amines is 1. The average molecular weight is 269 g/mol. The van der Waals surface area contributed by atoms with Gasteiger partial charge in [0.25, 0.3) is 0 Å². The van der Waals surface area contributed by atoms with Crippen molar-refractivity contribution in [3.05, 3.63) is 85.1 Å². The summed E-state index contributed by atoms with van der Waals surface area (Å²) in [6, 6.07) is 27.8. The SMILES string of the molecule is c1ccc(-c2ccccc2-c2ccc3[nH]ccc3c2)cc1. The zero-order valence-electron chi connectivity index (χ0n) is 11.6. The van der Waals surface area contributed by atoms with Crippen LogP contribution in [0.2, 0.25) is 0 Å². The molecule has 1 N–H and O–H groups in total. The van der Waals surface area contributed by atoms with E-state index in [-0.39, 0.29) is 0 Å². The van der Waals surface area contributed by atoms with Gasteiger partial charge in [-0.05, 0) is 45.8 Å². The largest absolute Gasteiger partial charge is 0.361 e. The number of rotatable bonds is 2. The Morgan fingerprint density at radius 3 is 2.10 bits per heavy atom. The van der Waals surface area contributed by atoms with Crippen molar-refractivity contribution >= 4 is 10.9 Å². The van der Waals surface area contributed by atoms with Crippen LogP contribution < -0.4 is 0 Å². The summed E-state index contributed by atoms with van der Waals surface area (Å²) in [4.78, 5) is 3.24. The fourth-order valence-electron chi connectivity index (χ4n) is 2.83. The van der Waals surface area contributed by atoms with Gasteiger partial charge in [0.1, 0.15) is 0 Å². The summed E-state index contributed by atoms with van der Waals surface area (Å²) in [6.45, 7) is 0. The second-order valence-electron chi connectivity index (χ2n) is 5.19. The minimum atomic E-state index is 1.18. The Bertz CT molecular complexity index is 888. The Hall–Kier alpha value is -2.80.